The second-order valence-electron chi connectivity index (χ2n) is 6.21. The second kappa shape index (κ2) is 7.64. The van der Waals surface area contributed by atoms with Gasteiger partial charge >= 0.3 is 0 Å². The summed E-state index contributed by atoms with van der Waals surface area (Å²) in [5, 5.41) is 18.8. The van der Waals surface area contributed by atoms with Crippen molar-refractivity contribution in [3.8, 4) is 16.3 Å². The fourth-order valence-corrected chi connectivity index (χ4v) is 3.59. The fraction of sp³-hybridized carbons (Fsp3) is 0.0500. The second-order valence-corrected chi connectivity index (χ2v) is 7.24. The van der Waals surface area contributed by atoms with E-state index in [9.17, 15) is 14.9 Å². The molecule has 1 N–H and O–H groups in total. The SMILES string of the molecule is Cc1cc(NC(=O)c2cnc(-c3ccccc3)s2)n(-c2ccc([N+](=O)[O-])cc2)n1. The maximum Gasteiger partial charge on any atom is 0.269 e. The van der Waals surface area contributed by atoms with Gasteiger partial charge in [0.05, 0.1) is 22.5 Å². The lowest BCUT2D eigenvalue weighted by molar-refractivity contribution is -0.384. The summed E-state index contributed by atoms with van der Waals surface area (Å²) in [5.41, 5.74) is 2.24. The highest BCUT2D eigenvalue weighted by atomic mass is 32.1. The minimum Gasteiger partial charge on any atom is -0.306 e. The Morgan fingerprint density at radius 2 is 1.86 bits per heavy atom. The molecule has 0 bridgehead atoms. The fourth-order valence-electron chi connectivity index (χ4n) is 2.77. The number of thiazole rings is 1. The summed E-state index contributed by atoms with van der Waals surface area (Å²) in [5.74, 6) is 0.170. The lowest BCUT2D eigenvalue weighted by atomic mass is 10.2. The number of carbonyl (C=O) groups excluding carboxylic acids is 1. The lowest BCUT2D eigenvalue weighted by Gasteiger charge is -2.08. The van der Waals surface area contributed by atoms with Crippen LogP contribution in [0.15, 0.2) is 66.9 Å². The first-order valence-corrected chi connectivity index (χ1v) is 9.47. The van der Waals surface area contributed by atoms with E-state index in [1.54, 1.807) is 31.3 Å². The van der Waals surface area contributed by atoms with E-state index in [0.29, 0.717) is 22.1 Å². The van der Waals surface area contributed by atoms with Crippen molar-refractivity contribution in [1.29, 1.82) is 0 Å². The third kappa shape index (κ3) is 3.90. The van der Waals surface area contributed by atoms with Crippen molar-refractivity contribution in [3.05, 3.63) is 87.5 Å². The van der Waals surface area contributed by atoms with Gasteiger partial charge in [-0.25, -0.2) is 9.67 Å². The summed E-state index contributed by atoms with van der Waals surface area (Å²) in [4.78, 5) is 27.9. The van der Waals surface area contributed by atoms with E-state index in [1.807, 2.05) is 30.3 Å². The van der Waals surface area contributed by atoms with Crippen LogP contribution in [0.1, 0.15) is 15.4 Å². The quantitative estimate of drug-likeness (QED) is 0.390. The van der Waals surface area contributed by atoms with E-state index in [2.05, 4.69) is 15.4 Å². The Kier molecular flexibility index (Phi) is 4.88. The average molecular weight is 405 g/mol. The van der Waals surface area contributed by atoms with Crippen molar-refractivity contribution in [3.63, 3.8) is 0 Å². The number of carbonyl (C=O) groups is 1. The number of non-ortho nitro benzene ring substituents is 1. The average Bonchev–Trinajstić information content (AvgIpc) is 3.36. The maximum atomic E-state index is 12.7. The molecule has 0 saturated carbocycles. The Balaban J connectivity index is 1.58. The van der Waals surface area contributed by atoms with Crippen molar-refractivity contribution in [1.82, 2.24) is 14.8 Å². The number of nitrogens with zero attached hydrogens (tertiary/aromatic N) is 4. The molecule has 0 aliphatic carbocycles. The number of aryl methyl sites for hydroxylation is 1. The van der Waals surface area contributed by atoms with Gasteiger partial charge in [-0.2, -0.15) is 5.10 Å². The molecule has 144 valence electrons. The Labute approximate surface area is 169 Å². The number of hydrogen-bond acceptors (Lipinski definition) is 6. The number of nitro benzene ring substituents is 1. The minimum atomic E-state index is -0.463. The number of nitrogens with one attached hydrogen (secondary N) is 1. The van der Waals surface area contributed by atoms with Gasteiger partial charge in [0, 0.05) is 23.8 Å². The first-order valence-electron chi connectivity index (χ1n) is 8.65. The van der Waals surface area contributed by atoms with E-state index in [1.165, 1.54) is 28.2 Å². The zero-order valence-electron chi connectivity index (χ0n) is 15.3. The highest BCUT2D eigenvalue weighted by molar-refractivity contribution is 7.17. The molecule has 0 saturated heterocycles. The van der Waals surface area contributed by atoms with E-state index in [0.717, 1.165) is 10.6 Å². The first-order chi connectivity index (χ1) is 14.0. The monoisotopic (exact) mass is 405 g/mol. The Morgan fingerprint density at radius 3 is 2.55 bits per heavy atom. The topological polar surface area (TPSA) is 103 Å². The zero-order valence-corrected chi connectivity index (χ0v) is 16.1. The summed E-state index contributed by atoms with van der Waals surface area (Å²) in [6.07, 6.45) is 1.54. The summed E-state index contributed by atoms with van der Waals surface area (Å²) in [7, 11) is 0. The Bertz CT molecular complexity index is 1180. The highest BCUT2D eigenvalue weighted by Crippen LogP contribution is 2.26. The summed E-state index contributed by atoms with van der Waals surface area (Å²) in [6.45, 7) is 1.80. The molecule has 4 rings (SSSR count). The van der Waals surface area contributed by atoms with Gasteiger partial charge in [0.1, 0.15) is 15.7 Å². The molecular weight excluding hydrogens is 390 g/mol. The van der Waals surface area contributed by atoms with E-state index < -0.39 is 4.92 Å². The molecule has 0 fully saturated rings. The smallest absolute Gasteiger partial charge is 0.269 e. The standard InChI is InChI=1S/C20H15N5O3S/c1-13-11-18(24(23-13)15-7-9-16(10-8-15)25(27)28)22-19(26)17-12-21-20(29-17)14-5-3-2-4-6-14/h2-12H,1H3,(H,22,26). The zero-order chi connectivity index (χ0) is 20.4. The summed E-state index contributed by atoms with van der Waals surface area (Å²) >= 11 is 1.30. The van der Waals surface area contributed by atoms with Crippen LogP contribution in [0.4, 0.5) is 11.5 Å². The predicted octanol–water partition coefficient (Wildman–Crippen LogP) is 4.46. The molecule has 0 spiro atoms. The lowest BCUT2D eigenvalue weighted by Crippen LogP contribution is -2.14. The normalized spacial score (nSPS) is 10.7. The van der Waals surface area contributed by atoms with Crippen molar-refractivity contribution in [2.24, 2.45) is 0 Å². The molecular formula is C20H15N5O3S. The van der Waals surface area contributed by atoms with Crippen LogP contribution in [-0.4, -0.2) is 25.6 Å². The number of benzene rings is 2. The van der Waals surface area contributed by atoms with Crippen LogP contribution >= 0.6 is 11.3 Å². The van der Waals surface area contributed by atoms with Crippen molar-refractivity contribution in [2.75, 3.05) is 5.32 Å². The first kappa shape index (κ1) is 18.5. The van der Waals surface area contributed by atoms with Crippen molar-refractivity contribution >= 4 is 28.7 Å². The number of anilines is 1. The predicted molar refractivity (Wildman–Crippen MR) is 110 cm³/mol. The number of rotatable bonds is 5. The number of amides is 1. The maximum absolute atomic E-state index is 12.7. The molecule has 2 heterocycles. The van der Waals surface area contributed by atoms with E-state index in [4.69, 9.17) is 0 Å². The molecule has 29 heavy (non-hydrogen) atoms. The molecule has 0 radical (unpaired) electrons. The molecule has 0 aliphatic heterocycles. The van der Waals surface area contributed by atoms with Crippen LogP contribution in [0.2, 0.25) is 0 Å². The Morgan fingerprint density at radius 1 is 1.14 bits per heavy atom. The number of hydrogen-bond donors (Lipinski definition) is 1. The van der Waals surface area contributed by atoms with Crippen LogP contribution in [0.3, 0.4) is 0 Å². The molecule has 0 aliphatic rings. The molecule has 2 aromatic heterocycles. The molecule has 4 aromatic rings. The molecule has 0 unspecified atom stereocenters. The van der Waals surface area contributed by atoms with Crippen LogP contribution < -0.4 is 5.32 Å². The van der Waals surface area contributed by atoms with Gasteiger partial charge < -0.3 is 5.32 Å². The van der Waals surface area contributed by atoms with E-state index in [-0.39, 0.29) is 11.6 Å². The van der Waals surface area contributed by atoms with Gasteiger partial charge in [0.25, 0.3) is 11.6 Å². The van der Waals surface area contributed by atoms with Gasteiger partial charge in [-0.3, -0.25) is 14.9 Å². The van der Waals surface area contributed by atoms with Gasteiger partial charge in [-0.15, -0.1) is 11.3 Å². The van der Waals surface area contributed by atoms with Crippen molar-refractivity contribution < 1.29 is 9.72 Å². The van der Waals surface area contributed by atoms with Gasteiger partial charge in [-0.1, -0.05) is 30.3 Å². The van der Waals surface area contributed by atoms with Crippen LogP contribution in [-0.2, 0) is 0 Å². The highest BCUT2D eigenvalue weighted by Gasteiger charge is 2.16. The molecule has 1 amide bonds. The molecule has 2 aromatic carbocycles. The molecule has 0 atom stereocenters. The van der Waals surface area contributed by atoms with Gasteiger partial charge in [0.15, 0.2) is 0 Å². The van der Waals surface area contributed by atoms with Crippen LogP contribution in [0, 0.1) is 17.0 Å². The molecule has 9 heteroatoms. The van der Waals surface area contributed by atoms with Crippen molar-refractivity contribution in [2.45, 2.75) is 6.92 Å². The Hall–Kier alpha value is -3.85. The number of nitro groups is 1. The van der Waals surface area contributed by atoms with Gasteiger partial charge in [0.2, 0.25) is 0 Å². The number of aromatic nitrogens is 3. The van der Waals surface area contributed by atoms with E-state index >= 15 is 0 Å². The largest absolute Gasteiger partial charge is 0.306 e. The third-order valence-electron chi connectivity index (χ3n) is 4.13. The minimum absolute atomic E-state index is 0.0127. The summed E-state index contributed by atoms with van der Waals surface area (Å²) < 4.78 is 1.54. The summed E-state index contributed by atoms with van der Waals surface area (Å²) in [6, 6.07) is 17.3. The van der Waals surface area contributed by atoms with Crippen LogP contribution in [0.25, 0.3) is 16.3 Å². The van der Waals surface area contributed by atoms with Crippen LogP contribution in [0.5, 0.6) is 0 Å². The molecule has 8 nitrogen and oxygen atoms in total. The third-order valence-corrected chi connectivity index (χ3v) is 5.17. The van der Waals surface area contributed by atoms with Gasteiger partial charge in [-0.05, 0) is 19.1 Å².